The zero-order chi connectivity index (χ0) is 10.9. The molecule has 14 heavy (non-hydrogen) atoms. The van der Waals surface area contributed by atoms with Crippen LogP contribution in [0.2, 0.25) is 0 Å². The molecular weight excluding hydrogens is 180 g/mol. The molecule has 1 rings (SSSR count). The molecule has 0 aromatic heterocycles. The zero-order valence-electron chi connectivity index (χ0n) is 9.78. The van der Waals surface area contributed by atoms with E-state index in [0.29, 0.717) is 0 Å². The van der Waals surface area contributed by atoms with Gasteiger partial charge in [-0.3, -0.25) is 0 Å². The Bertz CT molecular complexity index is 185. The van der Waals surface area contributed by atoms with Crippen LogP contribution in [0.3, 0.4) is 0 Å². The molecule has 84 valence electrons. The molecule has 1 aliphatic rings. The van der Waals surface area contributed by atoms with E-state index in [1.807, 2.05) is 27.7 Å². The van der Waals surface area contributed by atoms with E-state index in [2.05, 4.69) is 6.92 Å². The Labute approximate surface area is 86.4 Å². The first-order valence-electron chi connectivity index (χ1n) is 5.36. The third kappa shape index (κ3) is 2.69. The van der Waals surface area contributed by atoms with Gasteiger partial charge in [0.25, 0.3) is 0 Å². The van der Waals surface area contributed by atoms with Crippen LogP contribution < -0.4 is 0 Å². The molecule has 1 saturated heterocycles. The van der Waals surface area contributed by atoms with Gasteiger partial charge >= 0.3 is 0 Å². The van der Waals surface area contributed by atoms with Gasteiger partial charge in [-0.25, -0.2) is 0 Å². The number of ether oxygens (including phenoxy) is 2. The first-order chi connectivity index (χ1) is 6.35. The van der Waals surface area contributed by atoms with Crippen LogP contribution >= 0.6 is 0 Å². The van der Waals surface area contributed by atoms with Gasteiger partial charge in [-0.1, -0.05) is 13.8 Å². The quantitative estimate of drug-likeness (QED) is 0.743. The second-order valence-corrected chi connectivity index (χ2v) is 5.03. The molecule has 1 N–H and O–H groups in total. The van der Waals surface area contributed by atoms with Gasteiger partial charge in [-0.15, -0.1) is 0 Å². The average Bonchev–Trinajstić information content (AvgIpc) is 2.30. The molecule has 0 radical (unpaired) electrons. The fourth-order valence-electron chi connectivity index (χ4n) is 1.76. The standard InChI is InChI=1S/C11H22O3/c1-6-8-7(2)9(12)10(13-8)14-11(3,4)5/h7-10,12H,6H2,1-5H3/t7?,8-,9+,10+/m1/s1. The van der Waals surface area contributed by atoms with Gasteiger partial charge < -0.3 is 14.6 Å². The van der Waals surface area contributed by atoms with Crippen molar-refractivity contribution in [3.63, 3.8) is 0 Å². The third-order valence-electron chi connectivity index (χ3n) is 2.58. The van der Waals surface area contributed by atoms with Crippen molar-refractivity contribution in [3.8, 4) is 0 Å². The lowest BCUT2D eigenvalue weighted by Crippen LogP contribution is -2.35. The van der Waals surface area contributed by atoms with Gasteiger partial charge in [-0.05, 0) is 27.2 Å². The van der Waals surface area contributed by atoms with Crippen molar-refractivity contribution in [2.75, 3.05) is 0 Å². The lowest BCUT2D eigenvalue weighted by atomic mass is 9.99. The monoisotopic (exact) mass is 202 g/mol. The molecule has 3 heteroatoms. The SMILES string of the molecule is CC[C@H]1O[C@@H](OC(C)(C)C)[C@@H](O)C1C. The minimum Gasteiger partial charge on any atom is -0.387 e. The fourth-order valence-corrected chi connectivity index (χ4v) is 1.76. The summed E-state index contributed by atoms with van der Waals surface area (Å²) in [6.45, 7) is 9.96. The van der Waals surface area contributed by atoms with Crippen LogP contribution in [0.5, 0.6) is 0 Å². The van der Waals surface area contributed by atoms with Crippen molar-refractivity contribution >= 4 is 0 Å². The van der Waals surface area contributed by atoms with E-state index in [1.54, 1.807) is 0 Å². The number of rotatable bonds is 2. The van der Waals surface area contributed by atoms with Crippen molar-refractivity contribution in [3.05, 3.63) is 0 Å². The molecule has 0 aromatic carbocycles. The number of aliphatic hydroxyl groups is 1. The van der Waals surface area contributed by atoms with E-state index < -0.39 is 12.4 Å². The van der Waals surface area contributed by atoms with Crippen LogP contribution in [0.4, 0.5) is 0 Å². The summed E-state index contributed by atoms with van der Waals surface area (Å²) in [5.41, 5.74) is -0.270. The topological polar surface area (TPSA) is 38.7 Å². The van der Waals surface area contributed by atoms with Crippen molar-refractivity contribution in [2.45, 2.75) is 65.1 Å². The molecule has 4 atom stereocenters. The maximum absolute atomic E-state index is 9.87. The Morgan fingerprint density at radius 3 is 2.29 bits per heavy atom. The summed E-state index contributed by atoms with van der Waals surface area (Å²) in [6, 6.07) is 0. The molecule has 0 aliphatic carbocycles. The highest BCUT2D eigenvalue weighted by Gasteiger charge is 2.42. The highest BCUT2D eigenvalue weighted by molar-refractivity contribution is 4.84. The Morgan fingerprint density at radius 1 is 1.36 bits per heavy atom. The molecule has 0 bridgehead atoms. The van der Waals surface area contributed by atoms with Crippen LogP contribution in [0.25, 0.3) is 0 Å². The van der Waals surface area contributed by atoms with Gasteiger partial charge in [0, 0.05) is 5.92 Å². The number of hydrogen-bond donors (Lipinski definition) is 1. The van der Waals surface area contributed by atoms with E-state index in [9.17, 15) is 5.11 Å². The molecule has 1 heterocycles. The third-order valence-corrected chi connectivity index (χ3v) is 2.58. The molecule has 1 aliphatic heterocycles. The smallest absolute Gasteiger partial charge is 0.184 e. The van der Waals surface area contributed by atoms with Crippen molar-refractivity contribution in [1.82, 2.24) is 0 Å². The van der Waals surface area contributed by atoms with Crippen LogP contribution in [0.1, 0.15) is 41.0 Å². The molecule has 0 saturated carbocycles. The summed E-state index contributed by atoms with van der Waals surface area (Å²) in [5, 5.41) is 9.87. The Morgan fingerprint density at radius 2 is 1.93 bits per heavy atom. The molecule has 0 aromatic rings. The van der Waals surface area contributed by atoms with Crippen LogP contribution in [-0.4, -0.2) is 29.2 Å². The highest BCUT2D eigenvalue weighted by atomic mass is 16.7. The molecular formula is C11H22O3. The second-order valence-electron chi connectivity index (χ2n) is 5.03. The van der Waals surface area contributed by atoms with Gasteiger partial charge in [0.2, 0.25) is 0 Å². The summed E-state index contributed by atoms with van der Waals surface area (Å²) >= 11 is 0. The van der Waals surface area contributed by atoms with Gasteiger partial charge in [-0.2, -0.15) is 0 Å². The minimum atomic E-state index is -0.501. The van der Waals surface area contributed by atoms with E-state index in [0.717, 1.165) is 6.42 Å². The van der Waals surface area contributed by atoms with Crippen molar-refractivity contribution in [1.29, 1.82) is 0 Å². The summed E-state index contributed by atoms with van der Waals surface area (Å²) in [4.78, 5) is 0. The van der Waals surface area contributed by atoms with Crippen LogP contribution in [-0.2, 0) is 9.47 Å². The summed E-state index contributed by atoms with van der Waals surface area (Å²) in [7, 11) is 0. The molecule has 0 spiro atoms. The Balaban J connectivity index is 2.57. The normalized spacial score (nSPS) is 39.0. The molecule has 3 nitrogen and oxygen atoms in total. The lowest BCUT2D eigenvalue weighted by Gasteiger charge is -2.26. The zero-order valence-corrected chi connectivity index (χ0v) is 9.78. The van der Waals surface area contributed by atoms with E-state index in [4.69, 9.17) is 9.47 Å². The minimum absolute atomic E-state index is 0.123. The Hall–Kier alpha value is -0.120. The van der Waals surface area contributed by atoms with Crippen molar-refractivity contribution < 1.29 is 14.6 Å². The summed E-state index contributed by atoms with van der Waals surface area (Å²) in [5.74, 6) is 0.160. The molecule has 0 amide bonds. The maximum Gasteiger partial charge on any atom is 0.184 e. The predicted octanol–water partition coefficient (Wildman–Crippen LogP) is 1.93. The average molecular weight is 202 g/mol. The first-order valence-corrected chi connectivity index (χ1v) is 5.36. The summed E-state index contributed by atoms with van der Waals surface area (Å²) in [6.07, 6.45) is 0.0777. The Kier molecular flexibility index (Phi) is 3.56. The number of aliphatic hydroxyl groups excluding tert-OH is 1. The second kappa shape index (κ2) is 4.17. The lowest BCUT2D eigenvalue weighted by molar-refractivity contribution is -0.212. The highest BCUT2D eigenvalue weighted by Crippen LogP contribution is 2.31. The summed E-state index contributed by atoms with van der Waals surface area (Å²) < 4.78 is 11.3. The van der Waals surface area contributed by atoms with Gasteiger partial charge in [0.05, 0.1) is 11.7 Å². The van der Waals surface area contributed by atoms with E-state index in [1.165, 1.54) is 0 Å². The maximum atomic E-state index is 9.87. The first kappa shape index (κ1) is 12.0. The number of hydrogen-bond acceptors (Lipinski definition) is 3. The van der Waals surface area contributed by atoms with Gasteiger partial charge in [0.1, 0.15) is 6.10 Å². The van der Waals surface area contributed by atoms with Crippen LogP contribution in [0, 0.1) is 5.92 Å². The molecule has 1 fully saturated rings. The van der Waals surface area contributed by atoms with Crippen molar-refractivity contribution in [2.24, 2.45) is 5.92 Å². The fraction of sp³-hybridized carbons (Fsp3) is 1.00. The molecule has 1 unspecified atom stereocenters. The van der Waals surface area contributed by atoms with E-state index in [-0.39, 0.29) is 17.6 Å². The van der Waals surface area contributed by atoms with Crippen LogP contribution in [0.15, 0.2) is 0 Å². The predicted molar refractivity (Wildman–Crippen MR) is 55.0 cm³/mol. The largest absolute Gasteiger partial charge is 0.387 e. The van der Waals surface area contributed by atoms with Gasteiger partial charge in [0.15, 0.2) is 6.29 Å². The van der Waals surface area contributed by atoms with E-state index >= 15 is 0 Å².